The average molecular weight is 449 g/mol. The molecule has 3 aromatic rings. The highest BCUT2D eigenvalue weighted by molar-refractivity contribution is 5.94. The number of rotatable bonds is 7. The van der Waals surface area contributed by atoms with Crippen LogP contribution in [0.3, 0.4) is 0 Å². The van der Waals surface area contributed by atoms with Crippen LogP contribution < -0.4 is 5.32 Å². The summed E-state index contributed by atoms with van der Waals surface area (Å²) in [7, 11) is 0. The summed E-state index contributed by atoms with van der Waals surface area (Å²) in [6.45, 7) is 6.90. The molecule has 1 N–H and O–H groups in total. The van der Waals surface area contributed by atoms with Gasteiger partial charge in [0.1, 0.15) is 17.5 Å². The van der Waals surface area contributed by atoms with E-state index >= 15 is 0 Å². The number of hydrogen-bond acceptors (Lipinski definition) is 6. The summed E-state index contributed by atoms with van der Waals surface area (Å²) in [6.07, 6.45) is 8.38. The molecule has 1 aliphatic rings. The molecule has 1 aliphatic heterocycles. The number of amides is 1. The van der Waals surface area contributed by atoms with Crippen molar-refractivity contribution in [3.63, 3.8) is 0 Å². The molecule has 0 bridgehead atoms. The Bertz CT molecular complexity index is 1090. The quantitative estimate of drug-likeness (QED) is 0.595. The summed E-state index contributed by atoms with van der Waals surface area (Å²) >= 11 is 0. The molecular formula is C25H29FN6O. The second-order valence-corrected chi connectivity index (χ2v) is 8.47. The van der Waals surface area contributed by atoms with Gasteiger partial charge < -0.3 is 5.32 Å². The fraction of sp³-hybridized carbons (Fsp3) is 0.400. The van der Waals surface area contributed by atoms with E-state index in [0.717, 1.165) is 61.7 Å². The maximum atomic E-state index is 13.0. The highest BCUT2D eigenvalue weighted by Crippen LogP contribution is 2.26. The van der Waals surface area contributed by atoms with Gasteiger partial charge in [-0.1, -0.05) is 19.1 Å². The SMILES string of the molecule is CCc1ncc(CN2CCC[C@@H](c3ncc(C(=O)NCc4ccc(F)cc4)c(C)n3)C2)cn1. The molecule has 1 aromatic carbocycles. The lowest BCUT2D eigenvalue weighted by Crippen LogP contribution is -2.35. The number of aromatic nitrogens is 4. The van der Waals surface area contributed by atoms with Gasteiger partial charge in [-0.15, -0.1) is 0 Å². The monoisotopic (exact) mass is 448 g/mol. The molecule has 2 aromatic heterocycles. The zero-order valence-electron chi connectivity index (χ0n) is 19.1. The number of halogens is 1. The van der Waals surface area contributed by atoms with Crippen molar-refractivity contribution in [2.24, 2.45) is 0 Å². The molecule has 3 heterocycles. The number of hydrogen-bond donors (Lipinski definition) is 1. The van der Waals surface area contributed by atoms with Gasteiger partial charge >= 0.3 is 0 Å². The first-order valence-electron chi connectivity index (χ1n) is 11.4. The van der Waals surface area contributed by atoms with E-state index in [2.05, 4.69) is 30.2 Å². The van der Waals surface area contributed by atoms with Gasteiger partial charge in [-0.2, -0.15) is 0 Å². The van der Waals surface area contributed by atoms with Crippen LogP contribution in [0.25, 0.3) is 0 Å². The average Bonchev–Trinajstić information content (AvgIpc) is 2.84. The lowest BCUT2D eigenvalue weighted by Gasteiger charge is -2.32. The molecule has 1 saturated heterocycles. The van der Waals surface area contributed by atoms with Crippen LogP contribution in [-0.4, -0.2) is 43.8 Å². The van der Waals surface area contributed by atoms with E-state index in [0.29, 0.717) is 17.8 Å². The van der Waals surface area contributed by atoms with Crippen molar-refractivity contribution in [3.8, 4) is 0 Å². The maximum Gasteiger partial charge on any atom is 0.254 e. The van der Waals surface area contributed by atoms with E-state index in [-0.39, 0.29) is 17.6 Å². The number of nitrogens with zero attached hydrogens (tertiary/aromatic N) is 5. The Labute approximate surface area is 193 Å². The molecule has 1 atom stereocenters. The second kappa shape index (κ2) is 10.6. The first-order chi connectivity index (χ1) is 16.0. The molecule has 1 fully saturated rings. The molecular weight excluding hydrogens is 419 g/mol. The fourth-order valence-corrected chi connectivity index (χ4v) is 4.10. The van der Waals surface area contributed by atoms with Crippen LogP contribution in [-0.2, 0) is 19.5 Å². The Hall–Kier alpha value is -3.26. The summed E-state index contributed by atoms with van der Waals surface area (Å²) in [4.78, 5) is 33.0. The van der Waals surface area contributed by atoms with E-state index in [9.17, 15) is 9.18 Å². The number of piperidine rings is 1. The minimum Gasteiger partial charge on any atom is -0.348 e. The summed E-state index contributed by atoms with van der Waals surface area (Å²) in [6, 6.07) is 6.07. The van der Waals surface area contributed by atoms with E-state index in [4.69, 9.17) is 0 Å². The Morgan fingerprint density at radius 2 is 1.88 bits per heavy atom. The van der Waals surface area contributed by atoms with Gasteiger partial charge in [0, 0.05) is 56.1 Å². The molecule has 7 nitrogen and oxygen atoms in total. The number of aryl methyl sites for hydroxylation is 2. The van der Waals surface area contributed by atoms with Crippen molar-refractivity contribution >= 4 is 5.91 Å². The third-order valence-electron chi connectivity index (χ3n) is 5.96. The Morgan fingerprint density at radius 1 is 1.12 bits per heavy atom. The summed E-state index contributed by atoms with van der Waals surface area (Å²) in [5.74, 6) is 1.34. The van der Waals surface area contributed by atoms with Gasteiger partial charge in [0.05, 0.1) is 11.3 Å². The van der Waals surface area contributed by atoms with Crippen LogP contribution >= 0.6 is 0 Å². The topological polar surface area (TPSA) is 83.9 Å². The van der Waals surface area contributed by atoms with Crippen molar-refractivity contribution in [3.05, 3.63) is 82.7 Å². The standard InChI is InChI=1S/C25H29FN6O/c1-3-23-27-12-19(13-28-23)15-32-10-4-5-20(16-32)24-29-14-22(17(2)31-24)25(33)30-11-18-6-8-21(26)9-7-18/h6-9,12-14,20H,3-5,10-11,15-16H2,1-2H3,(H,30,33)/t20-/m1/s1. The van der Waals surface area contributed by atoms with Crippen LogP contribution in [0.1, 0.15) is 64.5 Å². The number of carbonyl (C=O) groups is 1. The number of benzene rings is 1. The smallest absolute Gasteiger partial charge is 0.254 e. The van der Waals surface area contributed by atoms with Crippen molar-refractivity contribution < 1.29 is 9.18 Å². The summed E-state index contributed by atoms with van der Waals surface area (Å²) < 4.78 is 13.0. The third-order valence-corrected chi connectivity index (χ3v) is 5.96. The lowest BCUT2D eigenvalue weighted by atomic mass is 9.96. The summed E-state index contributed by atoms with van der Waals surface area (Å²) in [5, 5.41) is 2.86. The largest absolute Gasteiger partial charge is 0.348 e. The number of nitrogens with one attached hydrogen (secondary N) is 1. The Balaban J connectivity index is 1.36. The van der Waals surface area contributed by atoms with E-state index in [1.807, 2.05) is 26.2 Å². The highest BCUT2D eigenvalue weighted by Gasteiger charge is 2.24. The van der Waals surface area contributed by atoms with Crippen LogP contribution in [0, 0.1) is 12.7 Å². The minimum absolute atomic E-state index is 0.226. The molecule has 172 valence electrons. The Morgan fingerprint density at radius 3 is 2.58 bits per heavy atom. The lowest BCUT2D eigenvalue weighted by molar-refractivity contribution is 0.0949. The molecule has 0 saturated carbocycles. The maximum absolute atomic E-state index is 13.0. The zero-order valence-corrected chi connectivity index (χ0v) is 19.1. The van der Waals surface area contributed by atoms with E-state index in [1.165, 1.54) is 12.1 Å². The van der Waals surface area contributed by atoms with Crippen LogP contribution in [0.4, 0.5) is 4.39 Å². The first-order valence-corrected chi connectivity index (χ1v) is 11.4. The number of likely N-dealkylation sites (tertiary alicyclic amines) is 1. The molecule has 0 aliphatic carbocycles. The van der Waals surface area contributed by atoms with Gasteiger partial charge in [0.15, 0.2) is 0 Å². The predicted molar refractivity (Wildman–Crippen MR) is 123 cm³/mol. The second-order valence-electron chi connectivity index (χ2n) is 8.47. The highest BCUT2D eigenvalue weighted by atomic mass is 19.1. The minimum atomic E-state index is -0.297. The fourth-order valence-electron chi connectivity index (χ4n) is 4.10. The van der Waals surface area contributed by atoms with Crippen molar-refractivity contribution in [2.45, 2.75) is 52.1 Å². The molecule has 0 spiro atoms. The third kappa shape index (κ3) is 5.96. The van der Waals surface area contributed by atoms with Crippen molar-refractivity contribution in [2.75, 3.05) is 13.1 Å². The van der Waals surface area contributed by atoms with E-state index in [1.54, 1.807) is 18.3 Å². The van der Waals surface area contributed by atoms with Gasteiger partial charge in [-0.05, 0) is 44.0 Å². The van der Waals surface area contributed by atoms with Crippen molar-refractivity contribution in [1.82, 2.24) is 30.2 Å². The predicted octanol–water partition coefficient (Wildman–Crippen LogP) is 3.59. The molecule has 1 amide bonds. The molecule has 4 rings (SSSR count). The zero-order chi connectivity index (χ0) is 23.2. The van der Waals surface area contributed by atoms with E-state index < -0.39 is 0 Å². The molecule has 0 radical (unpaired) electrons. The van der Waals surface area contributed by atoms with Gasteiger partial charge in [-0.25, -0.2) is 24.3 Å². The van der Waals surface area contributed by atoms with Crippen LogP contribution in [0.5, 0.6) is 0 Å². The van der Waals surface area contributed by atoms with Crippen LogP contribution in [0.2, 0.25) is 0 Å². The Kier molecular flexibility index (Phi) is 7.34. The normalized spacial score (nSPS) is 16.5. The molecule has 0 unspecified atom stereocenters. The van der Waals surface area contributed by atoms with Gasteiger partial charge in [0.2, 0.25) is 0 Å². The number of carbonyl (C=O) groups excluding carboxylic acids is 1. The molecule has 33 heavy (non-hydrogen) atoms. The van der Waals surface area contributed by atoms with Crippen molar-refractivity contribution in [1.29, 1.82) is 0 Å². The van der Waals surface area contributed by atoms with Gasteiger partial charge in [-0.3, -0.25) is 9.69 Å². The van der Waals surface area contributed by atoms with Crippen LogP contribution in [0.15, 0.2) is 42.9 Å². The first kappa shape index (κ1) is 22.9. The summed E-state index contributed by atoms with van der Waals surface area (Å²) in [5.41, 5.74) is 3.06. The molecule has 8 heteroatoms. The van der Waals surface area contributed by atoms with Gasteiger partial charge in [0.25, 0.3) is 5.91 Å².